The fourth-order valence-electron chi connectivity index (χ4n) is 6.04. The van der Waals surface area contributed by atoms with Crippen LogP contribution in [0, 0.1) is 0 Å². The van der Waals surface area contributed by atoms with E-state index in [4.69, 9.17) is 4.74 Å². The zero-order valence-electron chi connectivity index (χ0n) is 31.6. The van der Waals surface area contributed by atoms with E-state index >= 15 is 0 Å². The van der Waals surface area contributed by atoms with Crippen LogP contribution in [-0.2, 0) is 23.1 Å². The number of hydrogen-bond acceptors (Lipinski definition) is 8. The van der Waals surface area contributed by atoms with Gasteiger partial charge in [-0.05, 0) is 65.6 Å². The molecule has 3 atom stereocenters. The molecule has 3 aromatic carbocycles. The standard InChI is InChI=1S/C44H52N4O5S/c1-5-6-7-8-12-25-53-35-21-19-32(20-22-35)34-28-45-40(46-29-34)33-17-15-31(16-18-33)26-36(47-42(50)38-23-24-39(54-38)44(2,3)4)41(49)48-37(43(51)52)27-30-13-10-9-11-14-30/h9-11,13-24,28-29,36-37,41,48-49H,5-8,12,25-27H2,1-4H3,(H,47,50)(H,51,52)/t36-,37+,41?/m0/s1. The first-order valence-electron chi connectivity index (χ1n) is 18.8. The van der Waals surface area contributed by atoms with Crippen LogP contribution in [0.25, 0.3) is 22.5 Å². The van der Waals surface area contributed by atoms with E-state index in [0.29, 0.717) is 10.7 Å². The first-order chi connectivity index (χ1) is 26.0. The van der Waals surface area contributed by atoms with Gasteiger partial charge in [0.2, 0.25) is 0 Å². The molecule has 0 fully saturated rings. The highest BCUT2D eigenvalue weighted by Gasteiger charge is 2.29. The Morgan fingerprint density at radius 3 is 2.06 bits per heavy atom. The number of rotatable bonds is 19. The van der Waals surface area contributed by atoms with Gasteiger partial charge in [0.05, 0.1) is 17.5 Å². The fraction of sp³-hybridized carbons (Fsp3) is 0.364. The highest BCUT2D eigenvalue weighted by atomic mass is 32.1. The molecule has 0 radical (unpaired) electrons. The third kappa shape index (κ3) is 11.8. The summed E-state index contributed by atoms with van der Waals surface area (Å²) < 4.78 is 5.91. The predicted molar refractivity (Wildman–Crippen MR) is 216 cm³/mol. The summed E-state index contributed by atoms with van der Waals surface area (Å²) in [6.45, 7) is 9.20. The van der Waals surface area contributed by atoms with Gasteiger partial charge in [-0.15, -0.1) is 11.3 Å². The minimum atomic E-state index is -1.35. The second kappa shape index (κ2) is 19.4. The summed E-state index contributed by atoms with van der Waals surface area (Å²) in [6, 6.07) is 26.7. The quantitative estimate of drug-likeness (QED) is 0.0489. The third-order valence-corrected chi connectivity index (χ3v) is 10.8. The van der Waals surface area contributed by atoms with Crippen molar-refractivity contribution in [3.63, 3.8) is 0 Å². The molecule has 1 amide bonds. The topological polar surface area (TPSA) is 134 Å². The minimum Gasteiger partial charge on any atom is -0.494 e. The van der Waals surface area contributed by atoms with Crippen LogP contribution in [0.1, 0.15) is 85.5 Å². The van der Waals surface area contributed by atoms with Crippen LogP contribution >= 0.6 is 11.3 Å². The van der Waals surface area contributed by atoms with Crippen molar-refractivity contribution in [1.82, 2.24) is 20.6 Å². The van der Waals surface area contributed by atoms with Crippen LogP contribution in [0.15, 0.2) is 103 Å². The van der Waals surface area contributed by atoms with Crippen LogP contribution in [0.5, 0.6) is 5.75 Å². The second-order valence-electron chi connectivity index (χ2n) is 14.7. The van der Waals surface area contributed by atoms with Gasteiger partial charge in [0.25, 0.3) is 5.91 Å². The molecule has 0 aliphatic carbocycles. The van der Waals surface area contributed by atoms with Gasteiger partial charge in [0, 0.05) is 28.4 Å². The first kappa shape index (κ1) is 40.3. The zero-order chi connectivity index (χ0) is 38.5. The Morgan fingerprint density at radius 2 is 1.43 bits per heavy atom. The number of aliphatic hydroxyl groups excluding tert-OH is 1. The molecule has 0 spiro atoms. The number of ether oxygens (including phenoxy) is 1. The van der Waals surface area contributed by atoms with E-state index in [-0.39, 0.29) is 24.2 Å². The van der Waals surface area contributed by atoms with Gasteiger partial charge >= 0.3 is 5.97 Å². The lowest BCUT2D eigenvalue weighted by atomic mass is 9.95. The molecular weight excluding hydrogens is 697 g/mol. The Labute approximate surface area is 322 Å². The predicted octanol–water partition coefficient (Wildman–Crippen LogP) is 8.46. The Morgan fingerprint density at radius 1 is 0.778 bits per heavy atom. The Kier molecular flexibility index (Phi) is 14.5. The molecule has 0 aliphatic rings. The highest BCUT2D eigenvalue weighted by Crippen LogP contribution is 2.30. The van der Waals surface area contributed by atoms with E-state index in [9.17, 15) is 19.8 Å². The van der Waals surface area contributed by atoms with Crippen LogP contribution < -0.4 is 15.4 Å². The van der Waals surface area contributed by atoms with Crippen molar-refractivity contribution in [3.8, 4) is 28.3 Å². The van der Waals surface area contributed by atoms with Crippen molar-refractivity contribution in [1.29, 1.82) is 0 Å². The Bertz CT molecular complexity index is 1910. The van der Waals surface area contributed by atoms with E-state index < -0.39 is 24.3 Å². The fourth-order valence-corrected chi connectivity index (χ4v) is 7.01. The second-order valence-corrected chi connectivity index (χ2v) is 15.8. The summed E-state index contributed by atoms with van der Waals surface area (Å²) in [6.07, 6.45) is 8.67. The van der Waals surface area contributed by atoms with Gasteiger partial charge in [-0.1, -0.05) is 120 Å². The number of hydrogen-bond donors (Lipinski definition) is 4. The van der Waals surface area contributed by atoms with Gasteiger partial charge in [-0.3, -0.25) is 14.9 Å². The molecule has 284 valence electrons. The van der Waals surface area contributed by atoms with Gasteiger partial charge in [0.1, 0.15) is 18.0 Å². The molecular formula is C44H52N4O5S. The zero-order valence-corrected chi connectivity index (χ0v) is 32.4. The first-order valence-corrected chi connectivity index (χ1v) is 19.6. The summed E-state index contributed by atoms with van der Waals surface area (Å²) in [4.78, 5) is 36.6. The average molecular weight is 749 g/mol. The summed E-state index contributed by atoms with van der Waals surface area (Å²) >= 11 is 1.41. The average Bonchev–Trinajstić information content (AvgIpc) is 3.69. The summed E-state index contributed by atoms with van der Waals surface area (Å²) in [5, 5.41) is 27.3. The molecule has 0 saturated heterocycles. The molecule has 10 heteroatoms. The molecule has 0 aliphatic heterocycles. The maximum atomic E-state index is 13.5. The van der Waals surface area contributed by atoms with Crippen molar-refractivity contribution in [2.75, 3.05) is 6.61 Å². The number of aliphatic carboxylic acids is 1. The number of carbonyl (C=O) groups excluding carboxylic acids is 1. The van der Waals surface area contributed by atoms with Crippen molar-refractivity contribution in [3.05, 3.63) is 124 Å². The lowest BCUT2D eigenvalue weighted by Gasteiger charge is -2.28. The number of carboxylic acids is 1. The number of nitrogens with zero attached hydrogens (tertiary/aromatic N) is 2. The number of nitrogens with one attached hydrogen (secondary N) is 2. The van der Waals surface area contributed by atoms with E-state index in [1.807, 2.05) is 84.9 Å². The number of benzene rings is 3. The lowest BCUT2D eigenvalue weighted by molar-refractivity contribution is -0.140. The molecule has 5 aromatic rings. The third-order valence-electron chi connectivity index (χ3n) is 9.24. The van der Waals surface area contributed by atoms with Crippen molar-refractivity contribution >= 4 is 23.2 Å². The van der Waals surface area contributed by atoms with Gasteiger partial charge in [0.15, 0.2) is 5.82 Å². The normalized spacial score (nSPS) is 13.2. The summed E-state index contributed by atoms with van der Waals surface area (Å²) in [5.74, 6) is -0.00758. The number of thiophene rings is 1. The number of amides is 1. The SMILES string of the molecule is CCCCCCCOc1ccc(-c2cnc(-c3ccc(C[C@H](NC(=O)c4ccc(C(C)(C)C)s4)C(O)N[C@H](Cc4ccccc4)C(=O)O)cc3)nc2)cc1. The molecule has 2 aromatic heterocycles. The largest absolute Gasteiger partial charge is 0.494 e. The van der Waals surface area contributed by atoms with Crippen LogP contribution in [-0.4, -0.2) is 57.0 Å². The molecule has 5 rings (SSSR count). The molecule has 4 N–H and O–H groups in total. The number of carboxylic acid groups (broad SMARTS) is 1. The summed E-state index contributed by atoms with van der Waals surface area (Å²) in [7, 11) is 0. The Hall–Kier alpha value is -4.90. The van der Waals surface area contributed by atoms with Gasteiger partial charge < -0.3 is 20.3 Å². The smallest absolute Gasteiger partial charge is 0.321 e. The number of unbranched alkanes of at least 4 members (excludes halogenated alkanes) is 4. The maximum absolute atomic E-state index is 13.5. The van der Waals surface area contributed by atoms with Crippen molar-refractivity contribution < 1.29 is 24.5 Å². The van der Waals surface area contributed by atoms with Gasteiger partial charge in [-0.2, -0.15) is 0 Å². The van der Waals surface area contributed by atoms with E-state index in [1.54, 1.807) is 18.5 Å². The monoisotopic (exact) mass is 748 g/mol. The summed E-state index contributed by atoms with van der Waals surface area (Å²) in [5.41, 5.74) is 4.24. The van der Waals surface area contributed by atoms with Crippen LogP contribution in [0.2, 0.25) is 0 Å². The molecule has 9 nitrogen and oxygen atoms in total. The number of carbonyl (C=O) groups is 2. The van der Waals surface area contributed by atoms with Gasteiger partial charge in [-0.25, -0.2) is 9.97 Å². The number of aliphatic hydroxyl groups is 1. The molecule has 0 saturated carbocycles. The van der Waals surface area contributed by atoms with E-state index in [0.717, 1.165) is 51.5 Å². The molecule has 2 heterocycles. The molecule has 0 bridgehead atoms. The van der Waals surface area contributed by atoms with E-state index in [1.165, 1.54) is 37.0 Å². The maximum Gasteiger partial charge on any atom is 0.321 e. The van der Waals surface area contributed by atoms with Crippen molar-refractivity contribution in [2.24, 2.45) is 0 Å². The molecule has 1 unspecified atom stereocenters. The lowest BCUT2D eigenvalue weighted by Crippen LogP contribution is -2.55. The molecule has 54 heavy (non-hydrogen) atoms. The van der Waals surface area contributed by atoms with Crippen LogP contribution in [0.4, 0.5) is 0 Å². The highest BCUT2D eigenvalue weighted by molar-refractivity contribution is 7.14. The Balaban J connectivity index is 1.25. The van der Waals surface area contributed by atoms with Crippen molar-refractivity contribution in [2.45, 2.75) is 96.4 Å². The van der Waals surface area contributed by atoms with Crippen LogP contribution in [0.3, 0.4) is 0 Å². The van der Waals surface area contributed by atoms with E-state index in [2.05, 4.69) is 48.3 Å². The number of aromatic nitrogens is 2. The minimum absolute atomic E-state index is 0.116.